The van der Waals surface area contributed by atoms with Gasteiger partial charge < -0.3 is 9.80 Å². The maximum Gasteiger partial charge on any atom is 0.271 e. The smallest absolute Gasteiger partial charge is 0.271 e. The number of amides is 1. The van der Waals surface area contributed by atoms with E-state index in [2.05, 4.69) is 15.9 Å². The summed E-state index contributed by atoms with van der Waals surface area (Å²) in [4.78, 5) is 29.3. The Balaban J connectivity index is 1.35. The molecule has 0 unspecified atom stereocenters. The Morgan fingerprint density at radius 3 is 2.50 bits per heavy atom. The molecule has 1 fully saturated rings. The van der Waals surface area contributed by atoms with Crippen LogP contribution in [-0.2, 0) is 11.2 Å². The number of carbonyl (C=O) groups is 1. The Morgan fingerprint density at radius 1 is 1.04 bits per heavy atom. The first kappa shape index (κ1) is 18.7. The van der Waals surface area contributed by atoms with Gasteiger partial charge in [0.1, 0.15) is 0 Å². The molecular weight excluding hydrogens is 380 g/mol. The van der Waals surface area contributed by atoms with Gasteiger partial charge in [0.15, 0.2) is 0 Å². The second kappa shape index (κ2) is 7.77. The van der Waals surface area contributed by atoms with E-state index < -0.39 is 4.92 Å². The van der Waals surface area contributed by atoms with E-state index in [1.165, 1.54) is 17.7 Å². The summed E-state index contributed by atoms with van der Waals surface area (Å²) in [6, 6.07) is 12.6. The van der Waals surface area contributed by atoms with E-state index in [1.807, 2.05) is 23.1 Å². The normalized spacial score (nSPS) is 16.9. The average Bonchev–Trinajstić information content (AvgIpc) is 3.13. The molecule has 146 valence electrons. The number of carbonyl (C=O) groups excluding carboxylic acids is 1. The fraction of sp³-hybridized carbons (Fsp3) is 0.350. The largest absolute Gasteiger partial charge is 0.368 e. The quantitative estimate of drug-likeness (QED) is 0.583. The lowest BCUT2D eigenvalue weighted by molar-refractivity contribution is -0.384. The van der Waals surface area contributed by atoms with E-state index in [4.69, 9.17) is 11.6 Å². The number of nitrogens with zero attached hydrogens (tertiary/aromatic N) is 4. The number of non-ortho nitro benzene ring substituents is 1. The highest BCUT2D eigenvalue weighted by Crippen LogP contribution is 2.31. The third-order valence-electron chi connectivity index (χ3n) is 5.40. The Bertz CT molecular complexity index is 912. The van der Waals surface area contributed by atoms with Gasteiger partial charge in [-0.15, -0.1) is 0 Å². The number of benzene rings is 2. The zero-order valence-corrected chi connectivity index (χ0v) is 16.1. The van der Waals surface area contributed by atoms with E-state index in [0.29, 0.717) is 11.6 Å². The van der Waals surface area contributed by atoms with E-state index in [9.17, 15) is 14.9 Å². The summed E-state index contributed by atoms with van der Waals surface area (Å²) in [7, 11) is 0. The molecular formula is C20H21ClN4O3. The fourth-order valence-corrected chi connectivity index (χ4v) is 4.18. The van der Waals surface area contributed by atoms with Crippen molar-refractivity contribution in [2.24, 2.45) is 0 Å². The lowest BCUT2D eigenvalue weighted by Crippen LogP contribution is -2.50. The number of piperazine rings is 1. The van der Waals surface area contributed by atoms with Gasteiger partial charge in [-0.05, 0) is 24.1 Å². The third-order valence-corrected chi connectivity index (χ3v) is 5.70. The van der Waals surface area contributed by atoms with Crippen molar-refractivity contribution >= 4 is 34.6 Å². The molecule has 0 atom stereocenters. The van der Waals surface area contributed by atoms with Crippen LogP contribution in [0, 0.1) is 10.1 Å². The minimum atomic E-state index is -0.449. The molecule has 28 heavy (non-hydrogen) atoms. The second-order valence-electron chi connectivity index (χ2n) is 7.08. The number of halogens is 1. The lowest BCUT2D eigenvalue weighted by atomic mass is 10.2. The molecule has 4 rings (SSSR count). The summed E-state index contributed by atoms with van der Waals surface area (Å²) in [5.41, 5.74) is 3.05. The van der Waals surface area contributed by atoms with Gasteiger partial charge in [-0.25, -0.2) is 0 Å². The van der Waals surface area contributed by atoms with Gasteiger partial charge in [-0.2, -0.15) is 0 Å². The van der Waals surface area contributed by atoms with Gasteiger partial charge in [-0.1, -0.05) is 29.8 Å². The Hall–Kier alpha value is -2.64. The van der Waals surface area contributed by atoms with Crippen LogP contribution in [0.2, 0.25) is 5.02 Å². The van der Waals surface area contributed by atoms with Crippen molar-refractivity contribution in [2.75, 3.05) is 49.1 Å². The van der Waals surface area contributed by atoms with Crippen molar-refractivity contribution < 1.29 is 9.72 Å². The van der Waals surface area contributed by atoms with Gasteiger partial charge in [-0.3, -0.25) is 19.8 Å². The molecule has 7 nitrogen and oxygen atoms in total. The first-order valence-electron chi connectivity index (χ1n) is 9.32. The molecule has 2 aromatic carbocycles. The molecule has 0 N–H and O–H groups in total. The minimum absolute atomic E-state index is 0.0103. The van der Waals surface area contributed by atoms with E-state index in [0.717, 1.165) is 50.5 Å². The average molecular weight is 401 g/mol. The van der Waals surface area contributed by atoms with Crippen LogP contribution in [0.4, 0.5) is 17.1 Å². The van der Waals surface area contributed by atoms with Crippen molar-refractivity contribution in [2.45, 2.75) is 6.42 Å². The molecule has 0 radical (unpaired) electrons. The Morgan fingerprint density at radius 2 is 1.79 bits per heavy atom. The molecule has 2 aliphatic rings. The number of rotatable bonds is 4. The van der Waals surface area contributed by atoms with Crippen molar-refractivity contribution in [1.29, 1.82) is 0 Å². The maximum absolute atomic E-state index is 12.8. The molecule has 1 saturated heterocycles. The van der Waals surface area contributed by atoms with Crippen LogP contribution >= 0.6 is 11.6 Å². The van der Waals surface area contributed by atoms with Gasteiger partial charge in [0.2, 0.25) is 5.91 Å². The van der Waals surface area contributed by atoms with Crippen molar-refractivity contribution in [3.63, 3.8) is 0 Å². The standard InChI is InChI=1S/C20H21ClN4O3/c21-17-13-16(25(27)28)5-6-19(17)23-11-9-22(10-12-23)14-20(26)24-8-7-15-3-1-2-4-18(15)24/h1-6,13H,7-12,14H2. The highest BCUT2D eigenvalue weighted by atomic mass is 35.5. The van der Waals surface area contributed by atoms with Crippen molar-refractivity contribution in [3.05, 3.63) is 63.2 Å². The van der Waals surface area contributed by atoms with Crippen LogP contribution in [0.3, 0.4) is 0 Å². The van der Waals surface area contributed by atoms with E-state index >= 15 is 0 Å². The molecule has 2 heterocycles. The molecule has 0 spiro atoms. The number of nitro benzene ring substituents is 1. The number of hydrogen-bond acceptors (Lipinski definition) is 5. The summed E-state index contributed by atoms with van der Waals surface area (Å²) in [6.07, 6.45) is 0.911. The Labute approximate surface area is 168 Å². The highest BCUT2D eigenvalue weighted by molar-refractivity contribution is 6.33. The van der Waals surface area contributed by atoms with Crippen LogP contribution in [0.5, 0.6) is 0 Å². The maximum atomic E-state index is 12.8. The fourth-order valence-electron chi connectivity index (χ4n) is 3.89. The van der Waals surface area contributed by atoms with E-state index in [1.54, 1.807) is 6.07 Å². The molecule has 2 aromatic rings. The first-order chi connectivity index (χ1) is 13.5. The minimum Gasteiger partial charge on any atom is -0.368 e. The highest BCUT2D eigenvalue weighted by Gasteiger charge is 2.27. The van der Waals surface area contributed by atoms with Crippen molar-refractivity contribution in [3.8, 4) is 0 Å². The summed E-state index contributed by atoms with van der Waals surface area (Å²) in [6.45, 7) is 4.08. The van der Waals surface area contributed by atoms with Crippen LogP contribution < -0.4 is 9.80 Å². The van der Waals surface area contributed by atoms with Crippen molar-refractivity contribution in [1.82, 2.24) is 4.90 Å². The topological polar surface area (TPSA) is 69.9 Å². The first-order valence-corrected chi connectivity index (χ1v) is 9.70. The summed E-state index contributed by atoms with van der Waals surface area (Å²) >= 11 is 6.24. The van der Waals surface area contributed by atoms with Gasteiger partial charge >= 0.3 is 0 Å². The number of nitro groups is 1. The molecule has 2 aliphatic heterocycles. The molecule has 1 amide bonds. The second-order valence-corrected chi connectivity index (χ2v) is 7.49. The zero-order chi connectivity index (χ0) is 19.7. The zero-order valence-electron chi connectivity index (χ0n) is 15.4. The molecule has 0 bridgehead atoms. The molecule has 8 heteroatoms. The van der Waals surface area contributed by atoms with E-state index in [-0.39, 0.29) is 11.6 Å². The number of hydrogen-bond donors (Lipinski definition) is 0. The Kier molecular flexibility index (Phi) is 5.19. The van der Waals surface area contributed by atoms with Crippen LogP contribution in [0.25, 0.3) is 0 Å². The monoisotopic (exact) mass is 400 g/mol. The van der Waals surface area contributed by atoms with Crippen LogP contribution in [-0.4, -0.2) is 55.0 Å². The lowest BCUT2D eigenvalue weighted by Gasteiger charge is -2.36. The molecule has 0 aromatic heterocycles. The van der Waals surface area contributed by atoms with Crippen LogP contribution in [0.15, 0.2) is 42.5 Å². The molecule has 0 aliphatic carbocycles. The predicted molar refractivity (Wildman–Crippen MR) is 109 cm³/mol. The molecule has 0 saturated carbocycles. The summed E-state index contributed by atoms with van der Waals surface area (Å²) in [5, 5.41) is 11.2. The number of fused-ring (bicyclic) bond motifs is 1. The van der Waals surface area contributed by atoms with Gasteiger partial charge in [0, 0.05) is 50.5 Å². The predicted octanol–water partition coefficient (Wildman–Crippen LogP) is 2.96. The van der Waals surface area contributed by atoms with Gasteiger partial charge in [0.05, 0.1) is 22.2 Å². The number of anilines is 2. The summed E-state index contributed by atoms with van der Waals surface area (Å²) in [5.74, 6) is 0.131. The SMILES string of the molecule is O=C(CN1CCN(c2ccc([N+](=O)[O-])cc2Cl)CC1)N1CCc2ccccc21. The summed E-state index contributed by atoms with van der Waals surface area (Å²) < 4.78 is 0. The number of para-hydroxylation sites is 1. The van der Waals surface area contributed by atoms with Crippen LogP contribution in [0.1, 0.15) is 5.56 Å². The third kappa shape index (κ3) is 3.68. The van der Waals surface area contributed by atoms with Gasteiger partial charge in [0.25, 0.3) is 5.69 Å².